The van der Waals surface area contributed by atoms with Crippen molar-refractivity contribution in [2.45, 2.75) is 104 Å². The van der Waals surface area contributed by atoms with E-state index in [1.807, 2.05) is 6.08 Å². The molecule has 2 aliphatic heterocycles. The maximum absolute atomic E-state index is 3.94. The Morgan fingerprint density at radius 2 is 1.81 bits per heavy atom. The van der Waals surface area contributed by atoms with Gasteiger partial charge >= 0.3 is 0 Å². The number of rotatable bonds is 17. The maximum atomic E-state index is 3.94. The van der Waals surface area contributed by atoms with Crippen LogP contribution in [0.2, 0.25) is 0 Å². The Labute approximate surface area is 289 Å². The molecule has 258 valence electrons. The maximum Gasteiger partial charge on any atom is 0.0223 e. The molecule has 0 amide bonds. The minimum absolute atomic E-state index is 0.549. The Kier molecular flexibility index (Phi) is 13.8. The van der Waals surface area contributed by atoms with Crippen LogP contribution in [-0.2, 0) is 12.8 Å². The molecule has 0 bridgehead atoms. The van der Waals surface area contributed by atoms with Crippen LogP contribution in [0.5, 0.6) is 0 Å². The third kappa shape index (κ3) is 10.4. The molecule has 2 aromatic carbocycles. The van der Waals surface area contributed by atoms with Crippen LogP contribution in [0, 0.1) is 30.6 Å². The summed E-state index contributed by atoms with van der Waals surface area (Å²) < 4.78 is 0. The van der Waals surface area contributed by atoms with Gasteiger partial charge in [0.15, 0.2) is 0 Å². The smallest absolute Gasteiger partial charge is 0.0223 e. The van der Waals surface area contributed by atoms with Crippen LogP contribution >= 0.6 is 0 Å². The van der Waals surface area contributed by atoms with E-state index in [0.717, 1.165) is 36.8 Å². The van der Waals surface area contributed by atoms with Crippen molar-refractivity contribution in [3.63, 3.8) is 0 Å². The fourth-order valence-corrected chi connectivity index (χ4v) is 8.91. The summed E-state index contributed by atoms with van der Waals surface area (Å²) in [5, 5.41) is 0. The molecule has 5 atom stereocenters. The Morgan fingerprint density at radius 1 is 0.979 bits per heavy atom. The van der Waals surface area contributed by atoms with Crippen LogP contribution in [0.1, 0.15) is 106 Å². The lowest BCUT2D eigenvalue weighted by Crippen LogP contribution is -2.56. The van der Waals surface area contributed by atoms with Crippen LogP contribution < -0.4 is 0 Å². The average molecular weight is 638 g/mol. The van der Waals surface area contributed by atoms with E-state index in [1.54, 1.807) is 11.1 Å². The number of allylic oxidation sites excluding steroid dienone is 1. The lowest BCUT2D eigenvalue weighted by atomic mass is 9.66. The van der Waals surface area contributed by atoms with Crippen LogP contribution in [0.3, 0.4) is 0 Å². The molecule has 2 saturated heterocycles. The molecule has 0 spiro atoms. The number of benzene rings is 2. The van der Waals surface area contributed by atoms with Crippen molar-refractivity contribution in [2.75, 3.05) is 52.9 Å². The molecule has 5 unspecified atom stereocenters. The van der Waals surface area contributed by atoms with Crippen LogP contribution in [-0.4, -0.2) is 73.6 Å². The first kappa shape index (κ1) is 36.1. The zero-order valence-corrected chi connectivity index (χ0v) is 30.8. The van der Waals surface area contributed by atoms with Crippen molar-refractivity contribution < 1.29 is 0 Å². The van der Waals surface area contributed by atoms with Crippen molar-refractivity contribution in [3.8, 4) is 0 Å². The van der Waals surface area contributed by atoms with Gasteiger partial charge in [0.1, 0.15) is 0 Å². The van der Waals surface area contributed by atoms with Crippen molar-refractivity contribution in [3.05, 3.63) is 89.0 Å². The third-order valence-electron chi connectivity index (χ3n) is 11.7. The summed E-state index contributed by atoms with van der Waals surface area (Å²) in [6.07, 6.45) is 20.1. The lowest BCUT2D eigenvalue weighted by molar-refractivity contribution is 0.0222. The Hall–Kier alpha value is -2.20. The lowest BCUT2D eigenvalue weighted by Gasteiger charge is -2.48. The van der Waals surface area contributed by atoms with Crippen molar-refractivity contribution in [2.24, 2.45) is 23.7 Å². The molecule has 3 aliphatic rings. The summed E-state index contributed by atoms with van der Waals surface area (Å²) in [5.41, 5.74) is 7.20. The van der Waals surface area contributed by atoms with E-state index in [2.05, 4.69) is 111 Å². The van der Waals surface area contributed by atoms with Gasteiger partial charge in [0.2, 0.25) is 0 Å². The molecular formula is C44H67N3. The first-order valence-electron chi connectivity index (χ1n) is 19.4. The van der Waals surface area contributed by atoms with Crippen molar-refractivity contribution in [1.29, 1.82) is 0 Å². The summed E-state index contributed by atoms with van der Waals surface area (Å²) in [6.45, 7) is 22.0. The fraction of sp³-hybridized carbons (Fsp3) is 0.636. The summed E-state index contributed by atoms with van der Waals surface area (Å²) in [5.74, 6) is 3.61. The predicted molar refractivity (Wildman–Crippen MR) is 204 cm³/mol. The van der Waals surface area contributed by atoms with E-state index >= 15 is 0 Å². The van der Waals surface area contributed by atoms with Gasteiger partial charge in [-0.15, -0.1) is 0 Å². The number of aryl methyl sites for hydroxylation is 3. The summed E-state index contributed by atoms with van der Waals surface area (Å²) in [6, 6.07) is 17.1. The molecule has 2 heterocycles. The minimum Gasteiger partial charge on any atom is -0.305 e. The highest BCUT2D eigenvalue weighted by molar-refractivity contribution is 5.47. The molecule has 3 nitrogen and oxygen atoms in total. The Morgan fingerprint density at radius 3 is 2.53 bits per heavy atom. The normalized spacial score (nSPS) is 23.6. The quantitative estimate of drug-likeness (QED) is 0.160. The first-order chi connectivity index (χ1) is 22.8. The van der Waals surface area contributed by atoms with E-state index < -0.39 is 0 Å². The standard InChI is InChI=1S/C44H67N3/c1-7-12-38-29-35(5)16-24-43(38)40(22-21-37-19-17-36(8-2)18-20-37)30-45(6)31-41-23-25-44(41)39(14-11-13-34(3)4)32-46-27-28-47-26-10-9-15-42(47)33-46/h8,11,14,16-20,24,29,34,39-42,44H,2,7,9-10,12-13,15,21-23,25-28,30-33H2,1,3-6H3/b14-11+. The van der Waals surface area contributed by atoms with E-state index in [4.69, 9.17) is 0 Å². The molecule has 2 aromatic rings. The van der Waals surface area contributed by atoms with Gasteiger partial charge in [-0.25, -0.2) is 0 Å². The molecule has 1 aliphatic carbocycles. The molecule has 3 fully saturated rings. The third-order valence-corrected chi connectivity index (χ3v) is 11.7. The molecule has 47 heavy (non-hydrogen) atoms. The van der Waals surface area contributed by atoms with Gasteiger partial charge < -0.3 is 4.90 Å². The highest BCUT2D eigenvalue weighted by Gasteiger charge is 2.38. The van der Waals surface area contributed by atoms with Crippen molar-refractivity contribution in [1.82, 2.24) is 14.7 Å². The number of hydrogen-bond acceptors (Lipinski definition) is 3. The second-order valence-corrected chi connectivity index (χ2v) is 16.0. The summed E-state index contributed by atoms with van der Waals surface area (Å²) in [4.78, 5) is 8.35. The molecule has 0 aromatic heterocycles. The number of piperidine rings is 1. The topological polar surface area (TPSA) is 9.72 Å². The van der Waals surface area contributed by atoms with Gasteiger partial charge in [0.05, 0.1) is 0 Å². The Balaban J connectivity index is 1.25. The van der Waals surface area contributed by atoms with Crippen molar-refractivity contribution >= 4 is 6.08 Å². The van der Waals surface area contributed by atoms with Crippen LogP contribution in [0.4, 0.5) is 0 Å². The molecular weight excluding hydrogens is 571 g/mol. The van der Waals surface area contributed by atoms with Gasteiger partial charge in [0.25, 0.3) is 0 Å². The summed E-state index contributed by atoms with van der Waals surface area (Å²) in [7, 11) is 2.42. The van der Waals surface area contributed by atoms with Gasteiger partial charge in [-0.05, 0) is 124 Å². The van der Waals surface area contributed by atoms with E-state index in [0.29, 0.717) is 11.8 Å². The minimum atomic E-state index is 0.549. The zero-order chi connectivity index (χ0) is 33.2. The molecule has 1 saturated carbocycles. The van der Waals surface area contributed by atoms with E-state index in [9.17, 15) is 0 Å². The van der Waals surface area contributed by atoms with Gasteiger partial charge in [0, 0.05) is 45.3 Å². The highest BCUT2D eigenvalue weighted by atomic mass is 15.3. The first-order valence-corrected chi connectivity index (χ1v) is 19.4. The highest BCUT2D eigenvalue weighted by Crippen LogP contribution is 2.42. The predicted octanol–water partition coefficient (Wildman–Crippen LogP) is 9.65. The number of fused-ring (bicyclic) bond motifs is 1. The fourth-order valence-electron chi connectivity index (χ4n) is 8.91. The average Bonchev–Trinajstić information content (AvgIpc) is 3.05. The molecule has 3 heteroatoms. The molecule has 0 N–H and O–H groups in total. The second-order valence-electron chi connectivity index (χ2n) is 16.0. The SMILES string of the molecule is C=Cc1ccc(CCC(CN(C)CC2CCC2C(/C=C/CC(C)C)CN2CCN3CCCCC3C2)c2ccc(C)cc2CCC)cc1. The zero-order valence-electron chi connectivity index (χ0n) is 30.8. The number of piperazine rings is 1. The monoisotopic (exact) mass is 638 g/mol. The van der Waals surface area contributed by atoms with E-state index in [-0.39, 0.29) is 0 Å². The summed E-state index contributed by atoms with van der Waals surface area (Å²) >= 11 is 0. The van der Waals surface area contributed by atoms with Crippen LogP contribution in [0.25, 0.3) is 6.08 Å². The number of likely N-dealkylation sites (N-methyl/N-ethyl adjacent to an activating group) is 1. The molecule has 0 radical (unpaired) electrons. The van der Waals surface area contributed by atoms with Gasteiger partial charge in [-0.3, -0.25) is 9.80 Å². The van der Waals surface area contributed by atoms with Gasteiger partial charge in [-0.2, -0.15) is 0 Å². The number of hydrogen-bond donors (Lipinski definition) is 0. The second kappa shape index (κ2) is 18.0. The van der Waals surface area contributed by atoms with Gasteiger partial charge in [-0.1, -0.05) is 106 Å². The van der Waals surface area contributed by atoms with Crippen LogP contribution in [0.15, 0.2) is 61.2 Å². The molecule has 5 rings (SSSR count). The Bertz CT molecular complexity index is 1260. The van der Waals surface area contributed by atoms with E-state index in [1.165, 1.54) is 114 Å². The largest absolute Gasteiger partial charge is 0.305 e. The number of nitrogens with zero attached hydrogens (tertiary/aromatic N) is 3.